The fourth-order valence-electron chi connectivity index (χ4n) is 3.10. The van der Waals surface area contributed by atoms with E-state index in [1.165, 1.54) is 11.3 Å². The van der Waals surface area contributed by atoms with Crippen molar-refractivity contribution in [3.8, 4) is 5.75 Å². The smallest absolute Gasteiger partial charge is 0.138 e. The Labute approximate surface area is 113 Å². The number of hydrogen-bond acceptors (Lipinski definition) is 4. The van der Waals surface area contributed by atoms with Crippen molar-refractivity contribution in [1.29, 1.82) is 0 Å². The monoisotopic (exact) mass is 260 g/mol. The van der Waals surface area contributed by atoms with Crippen molar-refractivity contribution in [3.05, 3.63) is 35.0 Å². The van der Waals surface area contributed by atoms with Crippen LogP contribution in [0.25, 0.3) is 0 Å². The van der Waals surface area contributed by atoms with Gasteiger partial charge in [-0.15, -0.1) is 0 Å². The van der Waals surface area contributed by atoms with E-state index in [-0.39, 0.29) is 11.2 Å². The largest absolute Gasteiger partial charge is 0.506 e. The molecule has 2 heterocycles. The van der Waals surface area contributed by atoms with Crippen LogP contribution in [0.2, 0.25) is 0 Å². The third-order valence-corrected chi connectivity index (χ3v) is 4.56. The van der Waals surface area contributed by atoms with E-state index in [2.05, 4.69) is 18.7 Å². The van der Waals surface area contributed by atoms with E-state index in [1.807, 2.05) is 6.07 Å². The summed E-state index contributed by atoms with van der Waals surface area (Å²) in [6.07, 6.45) is 0. The van der Waals surface area contributed by atoms with E-state index in [4.69, 9.17) is 10.5 Å². The molecule has 3 rings (SSSR count). The molecule has 19 heavy (non-hydrogen) atoms. The zero-order chi connectivity index (χ0) is 13.6. The van der Waals surface area contributed by atoms with Crippen LogP contribution in [0.3, 0.4) is 0 Å². The van der Waals surface area contributed by atoms with Crippen molar-refractivity contribution in [1.82, 2.24) is 4.90 Å². The van der Waals surface area contributed by atoms with Gasteiger partial charge < -0.3 is 20.5 Å². The molecule has 102 valence electrons. The number of nitrogen functional groups attached to an aromatic ring is 1. The van der Waals surface area contributed by atoms with Gasteiger partial charge >= 0.3 is 0 Å². The lowest BCUT2D eigenvalue weighted by atomic mass is 9.77. The van der Waals surface area contributed by atoms with Gasteiger partial charge in [0, 0.05) is 24.2 Å². The second-order valence-electron chi connectivity index (χ2n) is 5.65. The first-order valence-corrected chi connectivity index (χ1v) is 6.64. The second kappa shape index (κ2) is 4.17. The highest BCUT2D eigenvalue weighted by molar-refractivity contribution is 5.56. The molecule has 0 amide bonds. The van der Waals surface area contributed by atoms with Crippen molar-refractivity contribution >= 4 is 5.69 Å². The molecule has 1 unspecified atom stereocenters. The molecule has 2 aliphatic rings. The average Bonchev–Trinajstić information content (AvgIpc) is 2.67. The second-order valence-corrected chi connectivity index (χ2v) is 5.65. The van der Waals surface area contributed by atoms with E-state index < -0.39 is 0 Å². The van der Waals surface area contributed by atoms with E-state index in [0.29, 0.717) is 12.3 Å². The number of anilines is 1. The normalized spacial score (nSPS) is 26.7. The Hall–Kier alpha value is -1.68. The number of nitrogens with two attached hydrogens (primary N) is 1. The molecule has 0 saturated carbocycles. The number of fused-ring (bicyclic) bond motifs is 1. The summed E-state index contributed by atoms with van der Waals surface area (Å²) in [6, 6.07) is 5.58. The Morgan fingerprint density at radius 3 is 2.89 bits per heavy atom. The van der Waals surface area contributed by atoms with Gasteiger partial charge in [-0.2, -0.15) is 0 Å². The maximum atomic E-state index is 9.84. The Kier molecular flexibility index (Phi) is 2.71. The van der Waals surface area contributed by atoms with Crippen molar-refractivity contribution in [2.75, 3.05) is 32.0 Å². The highest BCUT2D eigenvalue weighted by Gasteiger charge is 2.41. The SMILES string of the molecule is CC1=C2COCCN2CC1(C)c1ccc(N)c(O)c1. The molecule has 2 aliphatic heterocycles. The zero-order valence-corrected chi connectivity index (χ0v) is 11.4. The lowest BCUT2D eigenvalue weighted by molar-refractivity contribution is 0.0773. The number of ether oxygens (including phenoxy) is 1. The summed E-state index contributed by atoms with van der Waals surface area (Å²) in [5, 5.41) is 9.84. The van der Waals surface area contributed by atoms with Gasteiger partial charge in [-0.3, -0.25) is 0 Å². The van der Waals surface area contributed by atoms with Gasteiger partial charge in [-0.05, 0) is 37.1 Å². The zero-order valence-electron chi connectivity index (χ0n) is 11.4. The van der Waals surface area contributed by atoms with Crippen LogP contribution in [-0.4, -0.2) is 36.3 Å². The van der Waals surface area contributed by atoms with Crippen LogP contribution in [-0.2, 0) is 10.2 Å². The number of morpholine rings is 1. The van der Waals surface area contributed by atoms with Gasteiger partial charge in [-0.25, -0.2) is 0 Å². The van der Waals surface area contributed by atoms with Crippen LogP contribution < -0.4 is 5.73 Å². The van der Waals surface area contributed by atoms with Crippen molar-refractivity contribution in [3.63, 3.8) is 0 Å². The summed E-state index contributed by atoms with van der Waals surface area (Å²) in [4.78, 5) is 2.40. The molecule has 1 fully saturated rings. The molecule has 4 heteroatoms. The van der Waals surface area contributed by atoms with E-state index in [1.54, 1.807) is 12.1 Å². The van der Waals surface area contributed by atoms with Gasteiger partial charge in [0.25, 0.3) is 0 Å². The summed E-state index contributed by atoms with van der Waals surface area (Å²) < 4.78 is 5.56. The third kappa shape index (κ3) is 1.78. The standard InChI is InChI=1S/C15H20N2O2/c1-10-13-8-19-6-5-17(13)9-15(10,2)11-3-4-12(16)14(18)7-11/h3-4,7,18H,5-6,8-9,16H2,1-2H3. The first kappa shape index (κ1) is 12.4. The van der Waals surface area contributed by atoms with Crippen LogP contribution in [0, 0.1) is 0 Å². The molecule has 1 saturated heterocycles. The molecule has 1 atom stereocenters. The highest BCUT2D eigenvalue weighted by Crippen LogP contribution is 2.43. The Bertz CT molecular complexity index is 553. The first-order chi connectivity index (χ1) is 9.02. The molecule has 0 spiro atoms. The number of rotatable bonds is 1. The number of phenols is 1. The number of phenolic OH excluding ortho intramolecular Hbond substituents is 1. The molecule has 0 aliphatic carbocycles. The number of hydrogen-bond donors (Lipinski definition) is 2. The Balaban J connectivity index is 2.04. The number of aromatic hydroxyl groups is 1. The lowest BCUT2D eigenvalue weighted by Gasteiger charge is -2.30. The first-order valence-electron chi connectivity index (χ1n) is 6.64. The van der Waals surface area contributed by atoms with Crippen molar-refractivity contribution in [2.24, 2.45) is 0 Å². The van der Waals surface area contributed by atoms with Crippen LogP contribution in [0.15, 0.2) is 29.5 Å². The molecule has 1 aromatic carbocycles. The third-order valence-electron chi connectivity index (χ3n) is 4.56. The minimum Gasteiger partial charge on any atom is -0.506 e. The van der Waals surface area contributed by atoms with Gasteiger partial charge in [0.15, 0.2) is 0 Å². The predicted molar refractivity (Wildman–Crippen MR) is 75.0 cm³/mol. The average molecular weight is 260 g/mol. The Morgan fingerprint density at radius 1 is 1.42 bits per heavy atom. The maximum absolute atomic E-state index is 9.84. The topological polar surface area (TPSA) is 58.7 Å². The molecular weight excluding hydrogens is 240 g/mol. The van der Waals surface area contributed by atoms with Crippen LogP contribution in [0.1, 0.15) is 19.4 Å². The van der Waals surface area contributed by atoms with Gasteiger partial charge in [0.2, 0.25) is 0 Å². The molecule has 0 radical (unpaired) electrons. The molecule has 4 nitrogen and oxygen atoms in total. The van der Waals surface area contributed by atoms with Gasteiger partial charge in [-0.1, -0.05) is 6.07 Å². The predicted octanol–water partition coefficient (Wildman–Crippen LogP) is 1.85. The minimum atomic E-state index is -0.0752. The quantitative estimate of drug-likeness (QED) is 0.597. The summed E-state index contributed by atoms with van der Waals surface area (Å²) in [5.74, 6) is 0.164. The van der Waals surface area contributed by atoms with Crippen LogP contribution >= 0.6 is 0 Å². The molecule has 1 aromatic rings. The lowest BCUT2D eigenvalue weighted by Crippen LogP contribution is -2.36. The van der Waals surface area contributed by atoms with Crippen LogP contribution in [0.4, 0.5) is 5.69 Å². The van der Waals surface area contributed by atoms with Gasteiger partial charge in [0.05, 0.1) is 18.9 Å². The van der Waals surface area contributed by atoms with Crippen molar-refractivity contribution in [2.45, 2.75) is 19.3 Å². The number of benzene rings is 1. The van der Waals surface area contributed by atoms with Crippen molar-refractivity contribution < 1.29 is 9.84 Å². The van der Waals surface area contributed by atoms with Crippen LogP contribution in [0.5, 0.6) is 5.75 Å². The van der Waals surface area contributed by atoms with Gasteiger partial charge in [0.1, 0.15) is 5.75 Å². The summed E-state index contributed by atoms with van der Waals surface area (Å²) in [5.41, 5.74) is 9.78. The van der Waals surface area contributed by atoms with E-state index in [0.717, 1.165) is 25.3 Å². The van der Waals surface area contributed by atoms with E-state index >= 15 is 0 Å². The fraction of sp³-hybridized carbons (Fsp3) is 0.467. The molecule has 0 aromatic heterocycles. The Morgan fingerprint density at radius 2 is 2.21 bits per heavy atom. The summed E-state index contributed by atoms with van der Waals surface area (Å²) in [7, 11) is 0. The molecule has 3 N–H and O–H groups in total. The molecule has 0 bridgehead atoms. The fourth-order valence-corrected chi connectivity index (χ4v) is 3.10. The highest BCUT2D eigenvalue weighted by atomic mass is 16.5. The maximum Gasteiger partial charge on any atom is 0.138 e. The summed E-state index contributed by atoms with van der Waals surface area (Å²) >= 11 is 0. The minimum absolute atomic E-state index is 0.0752. The molecular formula is C15H20N2O2. The number of nitrogens with zero attached hydrogens (tertiary/aromatic N) is 1. The van der Waals surface area contributed by atoms with E-state index in [9.17, 15) is 5.11 Å². The summed E-state index contributed by atoms with van der Waals surface area (Å²) in [6.45, 7) is 7.77.